The Hall–Kier alpha value is -3.67. The number of aromatic nitrogens is 1. The summed E-state index contributed by atoms with van der Waals surface area (Å²) in [7, 11) is 0. The summed E-state index contributed by atoms with van der Waals surface area (Å²) in [5.74, 6) is 0.512. The number of fused-ring (bicyclic) bond motifs is 1. The van der Waals surface area contributed by atoms with Crippen LogP contribution in [0.1, 0.15) is 34.2 Å². The minimum absolute atomic E-state index is 0.115. The minimum Gasteiger partial charge on any atom is -0.504 e. The molecule has 1 aliphatic heterocycles. The van der Waals surface area contributed by atoms with E-state index in [4.69, 9.17) is 4.42 Å². The van der Waals surface area contributed by atoms with Gasteiger partial charge in [0.2, 0.25) is 5.88 Å². The van der Waals surface area contributed by atoms with Gasteiger partial charge in [-0.05, 0) is 44.2 Å². The number of aryl methyl sites for hydroxylation is 1. The highest BCUT2D eigenvalue weighted by Gasteiger charge is 2.24. The van der Waals surface area contributed by atoms with Crippen molar-refractivity contribution >= 4 is 41.0 Å². The number of nitrogens with one attached hydrogen (secondary N) is 1. The van der Waals surface area contributed by atoms with Gasteiger partial charge in [-0.2, -0.15) is 0 Å². The molecule has 6 heteroatoms. The molecule has 0 aliphatic carbocycles. The Morgan fingerprint density at radius 3 is 2.74 bits per heavy atom. The van der Waals surface area contributed by atoms with Crippen LogP contribution in [0.5, 0.6) is 5.75 Å². The summed E-state index contributed by atoms with van der Waals surface area (Å²) in [6.45, 7) is 3.38. The number of nitrogens with zero attached hydrogens (tertiary/aromatic N) is 2. The molecule has 0 fully saturated rings. The first-order valence-corrected chi connectivity index (χ1v) is 8.44. The monoisotopic (exact) mass is 359 g/mol. The molecule has 134 valence electrons. The second kappa shape index (κ2) is 6.57. The van der Waals surface area contributed by atoms with Gasteiger partial charge in [0.25, 0.3) is 0 Å². The van der Waals surface area contributed by atoms with Gasteiger partial charge >= 0.3 is 0 Å². The van der Waals surface area contributed by atoms with E-state index in [1.807, 2.05) is 43.3 Å². The van der Waals surface area contributed by atoms with Crippen LogP contribution in [0, 0.1) is 6.92 Å². The molecule has 0 saturated heterocycles. The second-order valence-electron chi connectivity index (χ2n) is 6.30. The summed E-state index contributed by atoms with van der Waals surface area (Å²) in [5.41, 5.74) is 3.58. The molecule has 0 unspecified atom stereocenters. The topological polar surface area (TPSA) is 87.7 Å². The summed E-state index contributed by atoms with van der Waals surface area (Å²) in [6.07, 6.45) is 4.97. The van der Waals surface area contributed by atoms with E-state index < -0.39 is 0 Å². The number of aliphatic imine (C=N–C) groups is 1. The van der Waals surface area contributed by atoms with Crippen LogP contribution in [0.15, 0.2) is 52.0 Å². The number of pyridine rings is 1. The van der Waals surface area contributed by atoms with Crippen LogP contribution in [0.2, 0.25) is 0 Å². The standard InChI is InChI=1S/C21H17N3O3/c1-12-5-7-15(8-6-12)24-21-18(13(2)25)19(26)17(27-21)10-14-11-23-20-16(14)4-3-9-22-20/h3-11,24,26H,1-2H3. The second-order valence-corrected chi connectivity index (χ2v) is 6.30. The van der Waals surface area contributed by atoms with Gasteiger partial charge in [0, 0.05) is 29.2 Å². The minimum atomic E-state index is -0.294. The molecule has 2 N–H and O–H groups in total. The van der Waals surface area contributed by atoms with Gasteiger partial charge in [0.05, 0.1) is 0 Å². The van der Waals surface area contributed by atoms with Crippen LogP contribution < -0.4 is 5.32 Å². The van der Waals surface area contributed by atoms with Crippen LogP contribution in [-0.4, -0.2) is 22.1 Å². The zero-order valence-corrected chi connectivity index (χ0v) is 14.9. The predicted octanol–water partition coefficient (Wildman–Crippen LogP) is 4.89. The number of aromatic hydroxyl groups is 1. The Kier molecular flexibility index (Phi) is 4.08. The highest BCUT2D eigenvalue weighted by molar-refractivity contribution is 6.21. The molecule has 0 radical (unpaired) electrons. The van der Waals surface area contributed by atoms with E-state index in [1.54, 1.807) is 18.5 Å². The fraction of sp³-hybridized carbons (Fsp3) is 0.0952. The fourth-order valence-corrected chi connectivity index (χ4v) is 2.90. The number of Topliss-reactive ketones (excluding diaryl/α,β-unsaturated/α-hetero) is 1. The molecule has 0 amide bonds. The Labute approximate surface area is 155 Å². The first-order valence-electron chi connectivity index (χ1n) is 8.44. The molecular formula is C21H17N3O3. The van der Waals surface area contributed by atoms with Crippen molar-refractivity contribution in [3.05, 3.63) is 65.0 Å². The molecule has 2 aromatic heterocycles. The molecule has 3 heterocycles. The molecule has 1 aliphatic rings. The van der Waals surface area contributed by atoms with Gasteiger partial charge in [-0.3, -0.25) is 4.79 Å². The number of anilines is 2. The van der Waals surface area contributed by atoms with Gasteiger partial charge in [-0.15, -0.1) is 0 Å². The van der Waals surface area contributed by atoms with Crippen molar-refractivity contribution in [3.8, 4) is 5.75 Å². The van der Waals surface area contributed by atoms with E-state index in [2.05, 4.69) is 15.3 Å². The molecule has 4 rings (SSSR count). The first kappa shape index (κ1) is 16.8. The van der Waals surface area contributed by atoms with Crippen LogP contribution in [0.3, 0.4) is 0 Å². The van der Waals surface area contributed by atoms with Crippen molar-refractivity contribution in [2.45, 2.75) is 13.8 Å². The van der Waals surface area contributed by atoms with Gasteiger partial charge in [-0.25, -0.2) is 9.98 Å². The number of benzene rings is 1. The maximum atomic E-state index is 12.1. The Balaban J connectivity index is 1.75. The molecule has 0 atom stereocenters. The zero-order chi connectivity index (χ0) is 19.0. The van der Waals surface area contributed by atoms with Gasteiger partial charge < -0.3 is 14.8 Å². The highest BCUT2D eigenvalue weighted by atomic mass is 16.4. The van der Waals surface area contributed by atoms with E-state index in [0.29, 0.717) is 5.82 Å². The Morgan fingerprint density at radius 2 is 2.00 bits per heavy atom. The predicted molar refractivity (Wildman–Crippen MR) is 105 cm³/mol. The summed E-state index contributed by atoms with van der Waals surface area (Å²) in [5, 5.41) is 13.6. The number of rotatable bonds is 4. The molecule has 0 bridgehead atoms. The van der Waals surface area contributed by atoms with Crippen molar-refractivity contribution < 1.29 is 14.3 Å². The van der Waals surface area contributed by atoms with E-state index in [1.165, 1.54) is 6.92 Å². The summed E-state index contributed by atoms with van der Waals surface area (Å²) in [6, 6.07) is 11.3. The van der Waals surface area contributed by atoms with Crippen LogP contribution in [0.25, 0.3) is 11.6 Å². The third-order valence-electron chi connectivity index (χ3n) is 4.28. The van der Waals surface area contributed by atoms with E-state index in [-0.39, 0.29) is 28.7 Å². The maximum Gasteiger partial charge on any atom is 0.212 e. The number of ketones is 1. The molecule has 27 heavy (non-hydrogen) atoms. The van der Waals surface area contributed by atoms with Gasteiger partial charge in [-0.1, -0.05) is 17.7 Å². The molecular weight excluding hydrogens is 342 g/mol. The number of carbonyl (C=O) groups is 1. The van der Waals surface area contributed by atoms with Crippen molar-refractivity contribution in [1.82, 2.24) is 4.98 Å². The summed E-state index contributed by atoms with van der Waals surface area (Å²) in [4.78, 5) is 20.5. The lowest BCUT2D eigenvalue weighted by molar-refractivity contribution is 0.101. The van der Waals surface area contributed by atoms with E-state index in [0.717, 1.165) is 22.4 Å². The first-order chi connectivity index (χ1) is 13.0. The van der Waals surface area contributed by atoms with Crippen LogP contribution in [-0.2, 0) is 0 Å². The lowest BCUT2D eigenvalue weighted by Gasteiger charge is -2.04. The van der Waals surface area contributed by atoms with E-state index >= 15 is 0 Å². The molecule has 6 nitrogen and oxygen atoms in total. The quantitative estimate of drug-likeness (QED) is 0.648. The number of hydrogen-bond acceptors (Lipinski definition) is 6. The highest BCUT2D eigenvalue weighted by Crippen LogP contribution is 2.39. The van der Waals surface area contributed by atoms with Gasteiger partial charge in [0.1, 0.15) is 5.56 Å². The van der Waals surface area contributed by atoms with Gasteiger partial charge in [0.15, 0.2) is 23.1 Å². The third-order valence-corrected chi connectivity index (χ3v) is 4.28. The van der Waals surface area contributed by atoms with Crippen LogP contribution >= 0.6 is 0 Å². The number of furan rings is 1. The summed E-state index contributed by atoms with van der Waals surface area (Å²) < 4.78 is 5.78. The average Bonchev–Trinajstić information content (AvgIpc) is 3.19. The molecule has 3 aromatic rings. The number of allylic oxidation sites excluding steroid dienone is 1. The van der Waals surface area contributed by atoms with Crippen molar-refractivity contribution in [1.29, 1.82) is 0 Å². The normalized spacial score (nSPS) is 13.8. The molecule has 1 aromatic carbocycles. The largest absolute Gasteiger partial charge is 0.504 e. The average molecular weight is 359 g/mol. The lowest BCUT2D eigenvalue weighted by atomic mass is 10.1. The maximum absolute atomic E-state index is 12.1. The fourth-order valence-electron chi connectivity index (χ4n) is 2.90. The smallest absolute Gasteiger partial charge is 0.212 e. The van der Waals surface area contributed by atoms with E-state index in [9.17, 15) is 9.90 Å². The van der Waals surface area contributed by atoms with Crippen molar-refractivity contribution in [2.24, 2.45) is 4.99 Å². The number of carbonyl (C=O) groups excluding carboxylic acids is 1. The SMILES string of the molecule is CC(=O)c1c(Nc2ccc(C)cc2)oc(C=C2C=Nc3ncccc32)c1O. The Morgan fingerprint density at radius 1 is 1.22 bits per heavy atom. The molecule has 0 saturated carbocycles. The zero-order valence-electron chi connectivity index (χ0n) is 14.9. The van der Waals surface area contributed by atoms with Crippen molar-refractivity contribution in [3.63, 3.8) is 0 Å². The number of hydrogen-bond donors (Lipinski definition) is 2. The van der Waals surface area contributed by atoms with Crippen molar-refractivity contribution in [2.75, 3.05) is 5.32 Å². The lowest BCUT2D eigenvalue weighted by Crippen LogP contribution is -1.97. The summed E-state index contributed by atoms with van der Waals surface area (Å²) >= 11 is 0. The van der Waals surface area contributed by atoms with Crippen LogP contribution in [0.4, 0.5) is 17.4 Å². The Bertz CT molecular complexity index is 1090. The third kappa shape index (κ3) is 3.13. The molecule has 0 spiro atoms.